The van der Waals surface area contributed by atoms with E-state index in [1.807, 2.05) is 0 Å². The summed E-state index contributed by atoms with van der Waals surface area (Å²) in [5, 5.41) is 2.94. The number of fused-ring (bicyclic) bond motifs is 1. The summed E-state index contributed by atoms with van der Waals surface area (Å²) in [6.07, 6.45) is 0. The second-order valence-corrected chi connectivity index (χ2v) is 7.05. The standard InChI is InChI=1S/C14H10F2N2O2S2/c15-10-5-6-12-13(7-10)22(19,20)18-14(17-12)21-8-9-3-1-2-4-11(9)16/h1-7H,8H2,(H,17,18). The highest BCUT2D eigenvalue weighted by atomic mass is 32.2. The van der Waals surface area contributed by atoms with E-state index in [-0.39, 0.29) is 27.3 Å². The molecule has 0 radical (unpaired) electrons. The van der Waals surface area contributed by atoms with E-state index < -0.39 is 15.8 Å². The Hall–Kier alpha value is -1.93. The summed E-state index contributed by atoms with van der Waals surface area (Å²) in [7, 11) is -3.96. The van der Waals surface area contributed by atoms with Crippen molar-refractivity contribution in [3.05, 3.63) is 59.7 Å². The number of halogens is 2. The number of hydrogen-bond acceptors (Lipinski definition) is 4. The smallest absolute Gasteiger partial charge is 0.286 e. The van der Waals surface area contributed by atoms with Gasteiger partial charge in [0, 0.05) is 5.75 Å². The van der Waals surface area contributed by atoms with Gasteiger partial charge in [-0.05, 0) is 29.8 Å². The number of benzene rings is 2. The molecular formula is C14H10F2N2O2S2. The maximum atomic E-state index is 13.5. The van der Waals surface area contributed by atoms with E-state index in [2.05, 4.69) is 9.71 Å². The fraction of sp³-hybridized carbons (Fsp3) is 0.0714. The van der Waals surface area contributed by atoms with Crippen molar-refractivity contribution in [2.45, 2.75) is 10.6 Å². The zero-order valence-electron chi connectivity index (χ0n) is 11.1. The molecule has 0 fully saturated rings. The fourth-order valence-corrected chi connectivity index (χ4v) is 4.17. The van der Waals surface area contributed by atoms with Crippen LogP contribution >= 0.6 is 11.8 Å². The molecule has 0 unspecified atom stereocenters. The van der Waals surface area contributed by atoms with Gasteiger partial charge in [-0.2, -0.15) is 8.42 Å². The molecule has 0 atom stereocenters. The van der Waals surface area contributed by atoms with Crippen molar-refractivity contribution in [3.63, 3.8) is 0 Å². The molecule has 4 nitrogen and oxygen atoms in total. The highest BCUT2D eigenvalue weighted by molar-refractivity contribution is 8.14. The van der Waals surface area contributed by atoms with Gasteiger partial charge in [0.2, 0.25) is 0 Å². The molecule has 8 heteroatoms. The lowest BCUT2D eigenvalue weighted by molar-refractivity contribution is 0.592. The first kappa shape index (κ1) is 15.0. The minimum atomic E-state index is -3.96. The molecule has 0 amide bonds. The topological polar surface area (TPSA) is 58.5 Å². The SMILES string of the molecule is O=S1(=O)N=C(SCc2ccccc2F)Nc2ccc(F)cc21. The highest BCUT2D eigenvalue weighted by Gasteiger charge is 2.25. The van der Waals surface area contributed by atoms with E-state index in [1.165, 1.54) is 12.1 Å². The van der Waals surface area contributed by atoms with Crippen LogP contribution in [0.15, 0.2) is 51.8 Å². The Labute approximate surface area is 130 Å². The molecular weight excluding hydrogens is 330 g/mol. The predicted molar refractivity (Wildman–Crippen MR) is 82.3 cm³/mol. The lowest BCUT2D eigenvalue weighted by atomic mass is 10.2. The summed E-state index contributed by atoms with van der Waals surface area (Å²) in [6.45, 7) is 0. The average Bonchev–Trinajstić information content (AvgIpc) is 2.47. The Bertz CT molecular complexity index is 867. The van der Waals surface area contributed by atoms with Gasteiger partial charge in [-0.3, -0.25) is 0 Å². The molecule has 3 rings (SSSR count). The predicted octanol–water partition coefficient (Wildman–Crippen LogP) is 3.37. The van der Waals surface area contributed by atoms with Crippen molar-refractivity contribution in [1.82, 2.24) is 0 Å². The van der Waals surface area contributed by atoms with Crippen LogP contribution in [-0.2, 0) is 15.8 Å². The van der Waals surface area contributed by atoms with E-state index in [4.69, 9.17) is 0 Å². The Morgan fingerprint density at radius 3 is 2.68 bits per heavy atom. The third kappa shape index (κ3) is 2.97. The van der Waals surface area contributed by atoms with Gasteiger partial charge in [0.15, 0.2) is 5.17 Å². The van der Waals surface area contributed by atoms with Crippen molar-refractivity contribution in [2.75, 3.05) is 5.32 Å². The van der Waals surface area contributed by atoms with Gasteiger partial charge in [0.1, 0.15) is 16.5 Å². The quantitative estimate of drug-likeness (QED) is 0.911. The zero-order valence-corrected chi connectivity index (χ0v) is 12.7. The van der Waals surface area contributed by atoms with Crippen LogP contribution < -0.4 is 5.32 Å². The van der Waals surface area contributed by atoms with Crippen LogP contribution in [0.5, 0.6) is 0 Å². The number of amidine groups is 1. The molecule has 0 spiro atoms. The zero-order chi connectivity index (χ0) is 15.7. The molecule has 2 aromatic carbocycles. The third-order valence-corrected chi connectivity index (χ3v) is 5.34. The molecule has 1 aliphatic rings. The largest absolute Gasteiger partial charge is 0.333 e. The second-order valence-electron chi connectivity index (χ2n) is 4.52. The van der Waals surface area contributed by atoms with Crippen LogP contribution in [0.25, 0.3) is 0 Å². The third-order valence-electron chi connectivity index (χ3n) is 2.99. The highest BCUT2D eigenvalue weighted by Crippen LogP contribution is 2.31. The molecule has 0 aromatic heterocycles. The number of nitrogens with one attached hydrogen (secondary N) is 1. The first-order valence-corrected chi connectivity index (χ1v) is 8.66. The minimum Gasteiger partial charge on any atom is -0.333 e. The molecule has 114 valence electrons. The summed E-state index contributed by atoms with van der Waals surface area (Å²) < 4.78 is 54.4. The van der Waals surface area contributed by atoms with Gasteiger partial charge < -0.3 is 5.32 Å². The van der Waals surface area contributed by atoms with Gasteiger partial charge >= 0.3 is 0 Å². The van der Waals surface area contributed by atoms with Crippen LogP contribution in [0.4, 0.5) is 14.5 Å². The Morgan fingerprint density at radius 2 is 1.91 bits per heavy atom. The molecule has 1 N–H and O–H groups in total. The van der Waals surface area contributed by atoms with Crippen molar-refractivity contribution in [1.29, 1.82) is 0 Å². The van der Waals surface area contributed by atoms with Crippen LogP contribution in [0.1, 0.15) is 5.56 Å². The molecule has 0 aliphatic carbocycles. The first-order chi connectivity index (χ1) is 10.5. The van der Waals surface area contributed by atoms with Crippen LogP contribution in [-0.4, -0.2) is 13.6 Å². The summed E-state index contributed by atoms with van der Waals surface area (Å²) in [5.74, 6) is -0.789. The summed E-state index contributed by atoms with van der Waals surface area (Å²) in [4.78, 5) is -0.206. The summed E-state index contributed by atoms with van der Waals surface area (Å²) >= 11 is 1.06. The van der Waals surface area contributed by atoms with Crippen LogP contribution in [0.2, 0.25) is 0 Å². The molecule has 1 aliphatic heterocycles. The average molecular weight is 340 g/mol. The number of hydrogen-bond donors (Lipinski definition) is 1. The molecule has 0 saturated heterocycles. The maximum absolute atomic E-state index is 13.5. The lowest BCUT2D eigenvalue weighted by Crippen LogP contribution is -2.19. The Kier molecular flexibility index (Phi) is 3.88. The van der Waals surface area contributed by atoms with Gasteiger partial charge in [-0.25, -0.2) is 8.78 Å². The number of anilines is 1. The van der Waals surface area contributed by atoms with Crippen molar-refractivity contribution >= 4 is 32.6 Å². The summed E-state index contributed by atoms with van der Waals surface area (Å²) in [5.41, 5.74) is 0.701. The van der Waals surface area contributed by atoms with Crippen molar-refractivity contribution in [3.8, 4) is 0 Å². The number of thioether (sulfide) groups is 1. The number of nitrogens with zero attached hydrogens (tertiary/aromatic N) is 1. The Balaban J connectivity index is 1.84. The van der Waals surface area contributed by atoms with E-state index >= 15 is 0 Å². The van der Waals surface area contributed by atoms with E-state index in [0.717, 1.165) is 23.9 Å². The maximum Gasteiger partial charge on any atom is 0.286 e. The van der Waals surface area contributed by atoms with Gasteiger partial charge in [-0.1, -0.05) is 30.0 Å². The monoisotopic (exact) mass is 340 g/mol. The van der Waals surface area contributed by atoms with E-state index in [0.29, 0.717) is 5.56 Å². The van der Waals surface area contributed by atoms with E-state index in [1.54, 1.807) is 18.2 Å². The van der Waals surface area contributed by atoms with Crippen molar-refractivity contribution in [2.24, 2.45) is 4.40 Å². The van der Waals surface area contributed by atoms with Gasteiger partial charge in [0.05, 0.1) is 5.69 Å². The molecule has 0 bridgehead atoms. The second kappa shape index (κ2) is 5.69. The normalized spacial score (nSPS) is 15.6. The molecule has 1 heterocycles. The fourth-order valence-electron chi connectivity index (χ4n) is 1.93. The van der Waals surface area contributed by atoms with E-state index in [9.17, 15) is 17.2 Å². The van der Waals surface area contributed by atoms with Gasteiger partial charge in [-0.15, -0.1) is 4.40 Å². The van der Waals surface area contributed by atoms with Crippen LogP contribution in [0, 0.1) is 11.6 Å². The number of sulfonamides is 1. The minimum absolute atomic E-state index is 0.127. The molecule has 22 heavy (non-hydrogen) atoms. The Morgan fingerprint density at radius 1 is 1.14 bits per heavy atom. The first-order valence-electron chi connectivity index (χ1n) is 6.23. The number of rotatable bonds is 2. The van der Waals surface area contributed by atoms with Crippen molar-refractivity contribution < 1.29 is 17.2 Å². The van der Waals surface area contributed by atoms with Gasteiger partial charge in [0.25, 0.3) is 10.0 Å². The lowest BCUT2D eigenvalue weighted by Gasteiger charge is -2.17. The van der Waals surface area contributed by atoms with Crippen LogP contribution in [0.3, 0.4) is 0 Å². The molecule has 0 saturated carbocycles. The summed E-state index contributed by atoms with van der Waals surface area (Å²) in [6, 6.07) is 9.63. The molecule has 2 aromatic rings.